The number of ether oxygens (including phenoxy) is 1. The average molecular weight is 416 g/mol. The Balaban J connectivity index is 2.02. The molecule has 1 aromatic rings. The summed E-state index contributed by atoms with van der Waals surface area (Å²) in [7, 11) is 0. The highest BCUT2D eigenvalue weighted by Gasteiger charge is 2.47. The quantitative estimate of drug-likeness (QED) is 0.733. The molecule has 0 bridgehead atoms. The summed E-state index contributed by atoms with van der Waals surface area (Å²) in [5.41, 5.74) is -0.411. The molecule has 29 heavy (non-hydrogen) atoms. The first-order valence-electron chi connectivity index (χ1n) is 9.89. The molecule has 2 aliphatic rings. The van der Waals surface area contributed by atoms with E-state index in [1.54, 1.807) is 0 Å². The number of halogens is 3. The van der Waals surface area contributed by atoms with E-state index in [1.807, 2.05) is 25.7 Å². The molecule has 0 aromatic carbocycles. The topological polar surface area (TPSA) is 67.7 Å². The van der Waals surface area contributed by atoms with Gasteiger partial charge in [0.2, 0.25) is 5.95 Å². The lowest BCUT2D eigenvalue weighted by atomic mass is 10.0. The molecule has 7 nitrogen and oxygen atoms in total. The van der Waals surface area contributed by atoms with Crippen molar-refractivity contribution in [3.8, 4) is 0 Å². The molecule has 162 valence electrons. The van der Waals surface area contributed by atoms with Crippen LogP contribution in [0.5, 0.6) is 0 Å². The van der Waals surface area contributed by atoms with Crippen molar-refractivity contribution in [3.05, 3.63) is 16.4 Å². The number of anilines is 2. The zero-order chi connectivity index (χ0) is 21.3. The maximum absolute atomic E-state index is 13.7. The highest BCUT2D eigenvalue weighted by molar-refractivity contribution is 5.83. The Labute approximate surface area is 167 Å². The molecule has 0 spiro atoms. The first-order valence-corrected chi connectivity index (χ1v) is 9.89. The fourth-order valence-electron chi connectivity index (χ4n) is 3.90. The summed E-state index contributed by atoms with van der Waals surface area (Å²) in [5, 5.41) is 0. The van der Waals surface area contributed by atoms with Gasteiger partial charge in [-0.1, -0.05) is 13.8 Å². The minimum Gasteiger partial charge on any atom is -0.377 e. The van der Waals surface area contributed by atoms with Crippen LogP contribution in [0.1, 0.15) is 33.6 Å². The van der Waals surface area contributed by atoms with E-state index >= 15 is 0 Å². The summed E-state index contributed by atoms with van der Waals surface area (Å²) in [6, 6.07) is -0.549. The van der Waals surface area contributed by atoms with E-state index in [4.69, 9.17) is 4.74 Å². The molecule has 2 atom stereocenters. The van der Waals surface area contributed by atoms with Gasteiger partial charge in [0.15, 0.2) is 5.78 Å². The summed E-state index contributed by atoms with van der Waals surface area (Å²) in [6.45, 7) is 6.46. The maximum atomic E-state index is 13.7. The predicted molar refractivity (Wildman–Crippen MR) is 102 cm³/mol. The predicted octanol–water partition coefficient (Wildman–Crippen LogP) is 2.22. The summed E-state index contributed by atoms with van der Waals surface area (Å²) >= 11 is 0. The van der Waals surface area contributed by atoms with Gasteiger partial charge < -0.3 is 14.5 Å². The van der Waals surface area contributed by atoms with Crippen LogP contribution in [0.2, 0.25) is 0 Å². The standard InChI is InChI=1S/C19H27F3N4O3/c1-12(2)8-14(27)10-26-15(19(20,21)22)4-5-25-17(28)9-16(23-18(25)26)24-6-7-29-11-13(24)3/h9,12-13,15H,4-8,10-11H2,1-3H3/t13-,15?/m1/s1. The van der Waals surface area contributed by atoms with Crippen molar-refractivity contribution in [2.24, 2.45) is 5.92 Å². The molecule has 0 radical (unpaired) electrons. The summed E-state index contributed by atoms with van der Waals surface area (Å²) < 4.78 is 47.8. The monoisotopic (exact) mass is 416 g/mol. The van der Waals surface area contributed by atoms with E-state index in [1.165, 1.54) is 10.6 Å². The molecule has 1 aromatic heterocycles. The number of fused-ring (bicyclic) bond motifs is 1. The molecule has 0 saturated carbocycles. The number of carbonyl (C=O) groups excluding carboxylic acids is 1. The van der Waals surface area contributed by atoms with E-state index in [9.17, 15) is 22.8 Å². The minimum absolute atomic E-state index is 0.0345. The largest absolute Gasteiger partial charge is 0.408 e. The maximum Gasteiger partial charge on any atom is 0.408 e. The van der Waals surface area contributed by atoms with Gasteiger partial charge in [-0.05, 0) is 19.3 Å². The van der Waals surface area contributed by atoms with Crippen molar-refractivity contribution in [3.63, 3.8) is 0 Å². The molecule has 3 heterocycles. The Kier molecular flexibility index (Phi) is 6.21. The Morgan fingerprint density at radius 1 is 1.34 bits per heavy atom. The van der Waals surface area contributed by atoms with Gasteiger partial charge in [-0.15, -0.1) is 0 Å². The minimum atomic E-state index is -4.52. The van der Waals surface area contributed by atoms with E-state index < -0.39 is 24.3 Å². The Morgan fingerprint density at radius 2 is 2.07 bits per heavy atom. The number of hydrogen-bond donors (Lipinski definition) is 0. The number of ketones is 1. The van der Waals surface area contributed by atoms with Crippen molar-refractivity contribution in [1.82, 2.24) is 9.55 Å². The third-order valence-electron chi connectivity index (χ3n) is 5.26. The van der Waals surface area contributed by atoms with Crippen LogP contribution >= 0.6 is 0 Å². The van der Waals surface area contributed by atoms with Crippen LogP contribution < -0.4 is 15.4 Å². The van der Waals surface area contributed by atoms with Gasteiger partial charge in [0.05, 0.1) is 25.8 Å². The van der Waals surface area contributed by atoms with Gasteiger partial charge in [0.1, 0.15) is 11.9 Å². The second kappa shape index (κ2) is 8.33. The third kappa shape index (κ3) is 4.73. The highest BCUT2D eigenvalue weighted by Crippen LogP contribution is 2.34. The van der Waals surface area contributed by atoms with Crippen LogP contribution in [0.3, 0.4) is 0 Å². The van der Waals surface area contributed by atoms with E-state index in [2.05, 4.69) is 4.98 Å². The molecule has 0 amide bonds. The van der Waals surface area contributed by atoms with Gasteiger partial charge in [0, 0.05) is 25.6 Å². The summed E-state index contributed by atoms with van der Waals surface area (Å²) in [5.74, 6) is -0.0348. The van der Waals surface area contributed by atoms with Crippen LogP contribution in [0.4, 0.5) is 24.9 Å². The first-order chi connectivity index (χ1) is 13.6. The number of nitrogens with zero attached hydrogens (tertiary/aromatic N) is 4. The van der Waals surface area contributed by atoms with Crippen LogP contribution in [0, 0.1) is 5.92 Å². The van der Waals surface area contributed by atoms with E-state index in [0.717, 1.165) is 4.90 Å². The van der Waals surface area contributed by atoms with Crippen molar-refractivity contribution in [2.75, 3.05) is 36.1 Å². The molecular weight excluding hydrogens is 389 g/mol. The lowest BCUT2D eigenvalue weighted by Gasteiger charge is -2.40. The molecule has 3 rings (SSSR count). The molecule has 1 saturated heterocycles. The Morgan fingerprint density at radius 3 is 2.69 bits per heavy atom. The van der Waals surface area contributed by atoms with Crippen molar-refractivity contribution in [1.29, 1.82) is 0 Å². The number of morpholine rings is 1. The second-order valence-electron chi connectivity index (χ2n) is 8.13. The SMILES string of the molecule is CC(C)CC(=O)CN1c2nc(N3CCOC[C@H]3C)cc(=O)n2CCC1C(F)(F)F. The third-order valence-corrected chi connectivity index (χ3v) is 5.26. The molecule has 0 aliphatic carbocycles. The van der Waals surface area contributed by atoms with Crippen LogP contribution in [0.15, 0.2) is 10.9 Å². The van der Waals surface area contributed by atoms with Gasteiger partial charge in [-0.2, -0.15) is 18.2 Å². The molecule has 2 aliphatic heterocycles. The number of carbonyl (C=O) groups is 1. The van der Waals surface area contributed by atoms with Gasteiger partial charge in [-0.3, -0.25) is 14.2 Å². The summed E-state index contributed by atoms with van der Waals surface area (Å²) in [4.78, 5) is 32.3. The Hall–Kier alpha value is -2.10. The van der Waals surface area contributed by atoms with Gasteiger partial charge in [0.25, 0.3) is 5.56 Å². The fraction of sp³-hybridized carbons (Fsp3) is 0.737. The lowest BCUT2D eigenvalue weighted by molar-refractivity contribution is -0.153. The van der Waals surface area contributed by atoms with Crippen LogP contribution in [-0.4, -0.2) is 59.9 Å². The van der Waals surface area contributed by atoms with Crippen molar-refractivity contribution in [2.45, 2.75) is 58.4 Å². The zero-order valence-corrected chi connectivity index (χ0v) is 16.9. The van der Waals surface area contributed by atoms with Gasteiger partial charge in [-0.25, -0.2) is 0 Å². The first kappa shape index (κ1) is 21.6. The highest BCUT2D eigenvalue weighted by atomic mass is 19.4. The lowest BCUT2D eigenvalue weighted by Crippen LogP contribution is -2.54. The Bertz CT molecular complexity index is 809. The average Bonchev–Trinajstić information content (AvgIpc) is 2.60. The van der Waals surface area contributed by atoms with Crippen LogP contribution in [-0.2, 0) is 16.1 Å². The number of alkyl halides is 3. The van der Waals surface area contributed by atoms with Crippen molar-refractivity contribution < 1.29 is 22.7 Å². The number of hydrogen-bond acceptors (Lipinski definition) is 6. The number of aromatic nitrogens is 2. The van der Waals surface area contributed by atoms with Crippen molar-refractivity contribution >= 4 is 17.5 Å². The van der Waals surface area contributed by atoms with E-state index in [0.29, 0.717) is 25.6 Å². The zero-order valence-electron chi connectivity index (χ0n) is 16.9. The molecular formula is C19H27F3N4O3. The van der Waals surface area contributed by atoms with Crippen LogP contribution in [0.25, 0.3) is 0 Å². The second-order valence-corrected chi connectivity index (χ2v) is 8.13. The summed E-state index contributed by atoms with van der Waals surface area (Å²) in [6.07, 6.45) is -4.64. The van der Waals surface area contributed by atoms with Gasteiger partial charge >= 0.3 is 6.18 Å². The normalized spacial score (nSPS) is 22.7. The smallest absolute Gasteiger partial charge is 0.377 e. The fourth-order valence-corrected chi connectivity index (χ4v) is 3.90. The van der Waals surface area contributed by atoms with E-state index in [-0.39, 0.29) is 43.1 Å². The molecule has 10 heteroatoms. The molecule has 1 unspecified atom stereocenters. The molecule has 1 fully saturated rings. The number of rotatable bonds is 5. The number of Topliss-reactive ketones (excluding diaryl/α,β-unsaturated/α-hetero) is 1. The molecule has 0 N–H and O–H groups in total.